The van der Waals surface area contributed by atoms with Crippen molar-refractivity contribution in [3.63, 3.8) is 0 Å². The van der Waals surface area contributed by atoms with Crippen molar-refractivity contribution in [2.75, 3.05) is 43.9 Å². The van der Waals surface area contributed by atoms with Crippen LogP contribution in [0.1, 0.15) is 25.7 Å². The van der Waals surface area contributed by atoms with Crippen molar-refractivity contribution >= 4 is 33.3 Å². The molecule has 0 radical (unpaired) electrons. The number of nitrogens with zero attached hydrogens (tertiary/aromatic N) is 5. The van der Waals surface area contributed by atoms with Crippen LogP contribution in [-0.2, 0) is 0 Å². The van der Waals surface area contributed by atoms with Gasteiger partial charge in [-0.3, -0.25) is 0 Å². The number of likely N-dealkylation sites (N-methyl/N-ethyl adjacent to an activating group) is 1. The zero-order valence-electron chi connectivity index (χ0n) is 21.5. The molecule has 3 saturated heterocycles. The Morgan fingerprint density at radius 3 is 2.63 bits per heavy atom. The minimum absolute atomic E-state index is 0.222. The highest BCUT2D eigenvalue weighted by Gasteiger charge is 2.34. The summed E-state index contributed by atoms with van der Waals surface area (Å²) in [5.74, 6) is 0.650. The molecule has 2 aromatic heterocycles. The second-order valence-electron chi connectivity index (χ2n) is 10.9. The standard InChI is InChI=1S/C29H32FN7O/c1-36-12-4-6-20(36)16-38-29-34-27-23(28(35-29)37-14-18-8-9-19(15-37)32-18)11-10-22(25(27)30)26-21-7-3-2-5-17(21)13-24(31)33-26/h2-3,5,7,10-11,13,18-20,32H,4,6,8-9,12,14-16H2,1H3,(H2,31,33)/t18?,19?,20-/m0/s1. The third-order valence-electron chi connectivity index (χ3n) is 8.37. The van der Waals surface area contributed by atoms with Crippen LogP contribution in [0.15, 0.2) is 42.5 Å². The number of hydrogen-bond donors (Lipinski definition) is 2. The van der Waals surface area contributed by atoms with Gasteiger partial charge in [0, 0.05) is 47.6 Å². The summed E-state index contributed by atoms with van der Waals surface area (Å²) in [6, 6.07) is 14.6. The number of nitrogens with one attached hydrogen (secondary N) is 1. The van der Waals surface area contributed by atoms with Gasteiger partial charge in [0.05, 0.1) is 5.69 Å². The van der Waals surface area contributed by atoms with Crippen molar-refractivity contribution in [2.45, 2.75) is 43.8 Å². The van der Waals surface area contributed by atoms with E-state index in [9.17, 15) is 0 Å². The Labute approximate surface area is 221 Å². The molecule has 3 atom stereocenters. The maximum atomic E-state index is 16.4. The Kier molecular flexibility index (Phi) is 5.78. The number of fused-ring (bicyclic) bond motifs is 4. The van der Waals surface area contributed by atoms with Crippen LogP contribution in [0, 0.1) is 5.82 Å². The summed E-state index contributed by atoms with van der Waals surface area (Å²) in [4.78, 5) is 18.6. The van der Waals surface area contributed by atoms with Gasteiger partial charge in [0.25, 0.3) is 0 Å². The molecule has 3 aliphatic rings. The average Bonchev–Trinajstić information content (AvgIpc) is 3.50. The lowest BCUT2D eigenvalue weighted by atomic mass is 10.0. The summed E-state index contributed by atoms with van der Waals surface area (Å²) in [5, 5.41) is 6.11. The monoisotopic (exact) mass is 513 g/mol. The molecule has 2 aromatic carbocycles. The topological polar surface area (TPSA) is 92.4 Å². The minimum atomic E-state index is -0.435. The minimum Gasteiger partial charge on any atom is -0.462 e. The smallest absolute Gasteiger partial charge is 0.319 e. The highest BCUT2D eigenvalue weighted by atomic mass is 19.1. The first kappa shape index (κ1) is 23.5. The second-order valence-corrected chi connectivity index (χ2v) is 10.9. The van der Waals surface area contributed by atoms with E-state index in [2.05, 4.69) is 32.1 Å². The molecule has 0 saturated carbocycles. The fourth-order valence-electron chi connectivity index (χ4n) is 6.37. The van der Waals surface area contributed by atoms with E-state index in [1.165, 1.54) is 0 Å². The molecular weight excluding hydrogens is 481 g/mol. The number of likely N-dealkylation sites (tertiary alicyclic amines) is 1. The third kappa shape index (κ3) is 4.10. The molecule has 2 unspecified atom stereocenters. The van der Waals surface area contributed by atoms with Gasteiger partial charge in [-0.05, 0) is 62.9 Å². The van der Waals surface area contributed by atoms with Crippen molar-refractivity contribution in [3.05, 3.63) is 48.3 Å². The quantitative estimate of drug-likeness (QED) is 0.414. The number of halogens is 1. The Morgan fingerprint density at radius 1 is 1.03 bits per heavy atom. The first-order valence-corrected chi connectivity index (χ1v) is 13.5. The van der Waals surface area contributed by atoms with Crippen molar-refractivity contribution in [2.24, 2.45) is 0 Å². The number of ether oxygens (including phenoxy) is 1. The fraction of sp³-hybridized carbons (Fsp3) is 0.414. The van der Waals surface area contributed by atoms with Crippen molar-refractivity contribution in [1.82, 2.24) is 25.2 Å². The van der Waals surface area contributed by atoms with Crippen LogP contribution in [0.25, 0.3) is 32.9 Å². The van der Waals surface area contributed by atoms with Gasteiger partial charge >= 0.3 is 6.01 Å². The van der Waals surface area contributed by atoms with E-state index in [0.29, 0.717) is 47.2 Å². The molecule has 5 heterocycles. The summed E-state index contributed by atoms with van der Waals surface area (Å²) in [5.41, 5.74) is 7.25. The predicted molar refractivity (Wildman–Crippen MR) is 148 cm³/mol. The lowest BCUT2D eigenvalue weighted by Crippen LogP contribution is -2.51. The first-order valence-electron chi connectivity index (χ1n) is 13.5. The molecule has 196 valence electrons. The molecule has 38 heavy (non-hydrogen) atoms. The maximum absolute atomic E-state index is 16.4. The van der Waals surface area contributed by atoms with Gasteiger partial charge in [-0.1, -0.05) is 24.3 Å². The Hall–Kier alpha value is -3.56. The predicted octanol–water partition coefficient (Wildman–Crippen LogP) is 3.98. The van der Waals surface area contributed by atoms with Gasteiger partial charge in [-0.15, -0.1) is 0 Å². The molecule has 3 N–H and O–H groups in total. The lowest BCUT2D eigenvalue weighted by molar-refractivity contribution is 0.188. The van der Waals surface area contributed by atoms with Crippen LogP contribution in [0.5, 0.6) is 6.01 Å². The van der Waals surface area contributed by atoms with Gasteiger partial charge in [-0.25, -0.2) is 9.37 Å². The van der Waals surface area contributed by atoms with E-state index in [1.54, 1.807) is 6.07 Å². The Bertz CT molecular complexity index is 1520. The van der Waals surface area contributed by atoms with Crippen LogP contribution in [0.3, 0.4) is 0 Å². The summed E-state index contributed by atoms with van der Waals surface area (Å²) >= 11 is 0. The number of anilines is 2. The Morgan fingerprint density at radius 2 is 1.84 bits per heavy atom. The van der Waals surface area contributed by atoms with Crippen LogP contribution in [0.4, 0.5) is 16.0 Å². The van der Waals surface area contributed by atoms with Crippen molar-refractivity contribution in [3.8, 4) is 17.3 Å². The SMILES string of the molecule is CN1CCC[C@H]1COc1nc(N2CC3CCC(C2)N3)c2ccc(-c3nc(N)cc4ccccc34)c(F)c2n1. The van der Waals surface area contributed by atoms with Crippen LogP contribution < -0.4 is 20.7 Å². The van der Waals surface area contributed by atoms with E-state index < -0.39 is 5.82 Å². The molecule has 3 aliphatic heterocycles. The molecule has 9 heteroatoms. The Balaban J connectivity index is 1.36. The summed E-state index contributed by atoms with van der Waals surface area (Å²) in [7, 11) is 2.11. The number of benzene rings is 2. The molecule has 7 rings (SSSR count). The normalized spacial score (nSPS) is 23.5. The van der Waals surface area contributed by atoms with Gasteiger partial charge in [0.2, 0.25) is 0 Å². The van der Waals surface area contributed by atoms with Gasteiger partial charge < -0.3 is 25.6 Å². The second kappa shape index (κ2) is 9.32. The molecule has 0 amide bonds. The number of nitrogens with two attached hydrogens (primary N) is 1. The van der Waals surface area contributed by atoms with Gasteiger partial charge in [0.15, 0.2) is 5.82 Å². The van der Waals surface area contributed by atoms with Crippen molar-refractivity contribution in [1.29, 1.82) is 0 Å². The third-order valence-corrected chi connectivity index (χ3v) is 8.37. The number of piperazine rings is 1. The summed E-state index contributed by atoms with van der Waals surface area (Å²) in [6.45, 7) is 3.20. The lowest BCUT2D eigenvalue weighted by Gasteiger charge is -2.34. The number of rotatable bonds is 5. The van der Waals surface area contributed by atoms with E-state index in [0.717, 1.165) is 61.9 Å². The summed E-state index contributed by atoms with van der Waals surface area (Å²) in [6.07, 6.45) is 4.52. The maximum Gasteiger partial charge on any atom is 0.319 e. The molecule has 3 fully saturated rings. The van der Waals surface area contributed by atoms with E-state index >= 15 is 4.39 Å². The zero-order valence-corrected chi connectivity index (χ0v) is 21.5. The fourth-order valence-corrected chi connectivity index (χ4v) is 6.37. The number of aromatic nitrogens is 3. The molecular formula is C29H32FN7O. The first-order chi connectivity index (χ1) is 18.5. The largest absolute Gasteiger partial charge is 0.462 e. The van der Waals surface area contributed by atoms with Gasteiger partial charge in [0.1, 0.15) is 23.8 Å². The number of hydrogen-bond acceptors (Lipinski definition) is 8. The van der Waals surface area contributed by atoms with Crippen LogP contribution >= 0.6 is 0 Å². The highest BCUT2D eigenvalue weighted by Crippen LogP contribution is 2.37. The zero-order chi connectivity index (χ0) is 25.8. The summed E-state index contributed by atoms with van der Waals surface area (Å²) < 4.78 is 22.6. The van der Waals surface area contributed by atoms with E-state index in [4.69, 9.17) is 15.5 Å². The van der Waals surface area contributed by atoms with Crippen LogP contribution in [-0.4, -0.2) is 71.3 Å². The van der Waals surface area contributed by atoms with E-state index in [1.807, 2.05) is 36.4 Å². The molecule has 4 aromatic rings. The van der Waals surface area contributed by atoms with Gasteiger partial charge in [-0.2, -0.15) is 9.97 Å². The molecule has 2 bridgehead atoms. The number of pyridine rings is 1. The van der Waals surface area contributed by atoms with Crippen LogP contribution in [0.2, 0.25) is 0 Å². The molecule has 0 aliphatic carbocycles. The van der Waals surface area contributed by atoms with E-state index in [-0.39, 0.29) is 11.5 Å². The average molecular weight is 514 g/mol. The van der Waals surface area contributed by atoms with Crippen molar-refractivity contribution < 1.29 is 9.13 Å². The molecule has 8 nitrogen and oxygen atoms in total. The highest BCUT2D eigenvalue weighted by molar-refractivity contribution is 6.00. The molecule has 0 spiro atoms. The number of nitrogen functional groups attached to an aromatic ring is 1.